The van der Waals surface area contributed by atoms with Gasteiger partial charge in [0.1, 0.15) is 11.9 Å². The summed E-state index contributed by atoms with van der Waals surface area (Å²) < 4.78 is 54.8. The largest absolute Gasteiger partial charge is 0.468 e. The molecule has 3 N–H and O–H groups in total. The molecule has 2 aromatic rings. The van der Waals surface area contributed by atoms with E-state index in [4.69, 9.17) is 4.74 Å². The quantitative estimate of drug-likeness (QED) is 0.478. The number of benzene rings is 1. The summed E-state index contributed by atoms with van der Waals surface area (Å²) in [5.74, 6) is -1.13. The van der Waals surface area contributed by atoms with E-state index in [1.807, 2.05) is 6.92 Å². The van der Waals surface area contributed by atoms with Crippen molar-refractivity contribution in [3.63, 3.8) is 0 Å². The molecule has 0 radical (unpaired) electrons. The topological polar surface area (TPSA) is 92.4 Å². The first-order chi connectivity index (χ1) is 15.2. The van der Waals surface area contributed by atoms with Crippen LogP contribution >= 0.6 is 0 Å². The number of hydrogen-bond donors (Lipinski definition) is 3. The maximum atomic E-state index is 12.9. The van der Waals surface area contributed by atoms with Gasteiger partial charge >= 0.3 is 12.2 Å². The Balaban J connectivity index is 1.90. The van der Waals surface area contributed by atoms with Crippen molar-refractivity contribution < 1.29 is 31.9 Å². The van der Waals surface area contributed by atoms with Crippen LogP contribution in [-0.2, 0) is 17.9 Å². The first kappa shape index (κ1) is 24.9. The van der Waals surface area contributed by atoms with Crippen LogP contribution in [0.15, 0.2) is 42.6 Å². The molecule has 174 valence electrons. The van der Waals surface area contributed by atoms with Crippen molar-refractivity contribution in [2.45, 2.75) is 45.1 Å². The number of rotatable bonds is 10. The molecule has 0 bridgehead atoms. The second kappa shape index (κ2) is 11.9. The van der Waals surface area contributed by atoms with Crippen LogP contribution in [0, 0.1) is 5.82 Å². The molecule has 2 rings (SSSR count). The van der Waals surface area contributed by atoms with Gasteiger partial charge in [-0.25, -0.2) is 14.2 Å². The zero-order chi connectivity index (χ0) is 23.6. The summed E-state index contributed by atoms with van der Waals surface area (Å²) in [6.07, 6.45) is -2.29. The van der Waals surface area contributed by atoms with Crippen molar-refractivity contribution in [1.29, 1.82) is 0 Å². The summed E-state index contributed by atoms with van der Waals surface area (Å²) in [4.78, 5) is 28.5. The number of ether oxygens (including phenoxy) is 1. The van der Waals surface area contributed by atoms with Gasteiger partial charge in [0.25, 0.3) is 0 Å². The summed E-state index contributed by atoms with van der Waals surface area (Å²) in [5, 5.41) is 7.73. The lowest BCUT2D eigenvalue weighted by atomic mass is 10.1. The molecule has 0 aliphatic carbocycles. The lowest BCUT2D eigenvalue weighted by Crippen LogP contribution is -2.49. The first-order valence-corrected chi connectivity index (χ1v) is 9.88. The van der Waals surface area contributed by atoms with E-state index in [2.05, 4.69) is 20.9 Å². The second-order valence-corrected chi connectivity index (χ2v) is 6.88. The third-order valence-electron chi connectivity index (χ3n) is 4.24. The number of pyridine rings is 1. The highest BCUT2D eigenvalue weighted by Gasteiger charge is 2.29. The molecule has 1 heterocycles. The van der Waals surface area contributed by atoms with E-state index in [9.17, 15) is 27.2 Å². The van der Waals surface area contributed by atoms with Gasteiger partial charge in [0, 0.05) is 24.8 Å². The number of urea groups is 1. The van der Waals surface area contributed by atoms with Crippen LogP contribution in [0.2, 0.25) is 0 Å². The Labute approximate surface area is 182 Å². The Morgan fingerprint density at radius 3 is 2.47 bits per heavy atom. The zero-order valence-electron chi connectivity index (χ0n) is 17.3. The Hall–Kier alpha value is -3.37. The average Bonchev–Trinajstić information content (AvgIpc) is 2.75. The summed E-state index contributed by atoms with van der Waals surface area (Å²) in [5.41, 5.74) is 0.946. The monoisotopic (exact) mass is 456 g/mol. The van der Waals surface area contributed by atoms with Crippen molar-refractivity contribution in [2.75, 3.05) is 6.61 Å². The van der Waals surface area contributed by atoms with Gasteiger partial charge in [0.2, 0.25) is 11.8 Å². The van der Waals surface area contributed by atoms with E-state index in [0.717, 1.165) is 0 Å². The van der Waals surface area contributed by atoms with Gasteiger partial charge in [0.05, 0.1) is 0 Å². The van der Waals surface area contributed by atoms with Crippen molar-refractivity contribution in [1.82, 2.24) is 20.9 Å². The van der Waals surface area contributed by atoms with E-state index >= 15 is 0 Å². The maximum absolute atomic E-state index is 12.9. The summed E-state index contributed by atoms with van der Waals surface area (Å²) in [6, 6.07) is 7.14. The number of nitrogens with zero attached hydrogens (tertiary/aromatic N) is 1. The standard InChI is InChI=1S/C21H24F4N4O3/c1-2-4-17(29-20(31)28-11-14-6-8-16(22)9-7-14)18(30)27-12-15-5-3-10-26-19(15)32-13-21(23,24)25/h3,5-10,17H,2,4,11-13H2,1H3,(H,27,30)(H2,28,29,31). The van der Waals surface area contributed by atoms with E-state index in [1.165, 1.54) is 42.6 Å². The van der Waals surface area contributed by atoms with Gasteiger partial charge < -0.3 is 20.7 Å². The molecule has 1 atom stereocenters. The molecule has 7 nitrogen and oxygen atoms in total. The molecular formula is C21H24F4N4O3. The number of nitrogens with one attached hydrogen (secondary N) is 3. The zero-order valence-corrected chi connectivity index (χ0v) is 17.3. The highest BCUT2D eigenvalue weighted by molar-refractivity contribution is 5.87. The number of halogens is 4. The van der Waals surface area contributed by atoms with E-state index in [-0.39, 0.29) is 24.5 Å². The first-order valence-electron chi connectivity index (χ1n) is 9.88. The van der Waals surface area contributed by atoms with Crippen molar-refractivity contribution >= 4 is 11.9 Å². The van der Waals surface area contributed by atoms with Crippen molar-refractivity contribution in [3.8, 4) is 5.88 Å². The van der Waals surface area contributed by atoms with E-state index in [1.54, 1.807) is 0 Å². The number of alkyl halides is 3. The molecule has 3 amide bonds. The minimum Gasteiger partial charge on any atom is -0.468 e. The molecule has 32 heavy (non-hydrogen) atoms. The molecule has 11 heteroatoms. The number of hydrogen-bond acceptors (Lipinski definition) is 4. The predicted molar refractivity (Wildman–Crippen MR) is 108 cm³/mol. The number of amides is 3. The molecule has 0 saturated carbocycles. The smallest absolute Gasteiger partial charge is 0.422 e. The normalized spacial score (nSPS) is 12.0. The molecule has 0 saturated heterocycles. The fourth-order valence-corrected chi connectivity index (χ4v) is 2.70. The van der Waals surface area contributed by atoms with Gasteiger partial charge in [-0.3, -0.25) is 4.79 Å². The highest BCUT2D eigenvalue weighted by atomic mass is 19.4. The Kier molecular flexibility index (Phi) is 9.23. The summed E-state index contributed by atoms with van der Waals surface area (Å²) >= 11 is 0. The molecule has 1 unspecified atom stereocenters. The van der Waals surface area contributed by atoms with E-state index < -0.39 is 36.6 Å². The van der Waals surface area contributed by atoms with Crippen LogP contribution in [0.4, 0.5) is 22.4 Å². The van der Waals surface area contributed by atoms with E-state index in [0.29, 0.717) is 18.4 Å². The lowest BCUT2D eigenvalue weighted by Gasteiger charge is -2.19. The molecule has 0 fully saturated rings. The molecule has 1 aromatic carbocycles. The Morgan fingerprint density at radius 1 is 1.09 bits per heavy atom. The molecule has 0 aliphatic heterocycles. The van der Waals surface area contributed by atoms with Crippen LogP contribution in [-0.4, -0.2) is 35.7 Å². The fourth-order valence-electron chi connectivity index (χ4n) is 2.70. The minimum atomic E-state index is -4.52. The van der Waals surface area contributed by atoms with Gasteiger partial charge in [0.15, 0.2) is 6.61 Å². The maximum Gasteiger partial charge on any atom is 0.422 e. The highest BCUT2D eigenvalue weighted by Crippen LogP contribution is 2.19. The van der Waals surface area contributed by atoms with Crippen LogP contribution in [0.1, 0.15) is 30.9 Å². The van der Waals surface area contributed by atoms with Crippen LogP contribution in [0.3, 0.4) is 0 Å². The van der Waals surface area contributed by atoms with Gasteiger partial charge in [-0.2, -0.15) is 13.2 Å². The molecule has 0 spiro atoms. The van der Waals surface area contributed by atoms with Gasteiger partial charge in [-0.1, -0.05) is 31.5 Å². The number of carbonyl (C=O) groups is 2. The Morgan fingerprint density at radius 2 is 1.81 bits per heavy atom. The summed E-state index contributed by atoms with van der Waals surface area (Å²) in [7, 11) is 0. The third kappa shape index (κ3) is 8.78. The van der Waals surface area contributed by atoms with Crippen molar-refractivity contribution in [3.05, 3.63) is 59.5 Å². The van der Waals surface area contributed by atoms with Crippen molar-refractivity contribution in [2.24, 2.45) is 0 Å². The van der Waals surface area contributed by atoms with Crippen LogP contribution in [0.5, 0.6) is 5.88 Å². The third-order valence-corrected chi connectivity index (χ3v) is 4.24. The Bertz CT molecular complexity index is 891. The molecule has 1 aromatic heterocycles. The lowest BCUT2D eigenvalue weighted by molar-refractivity contribution is -0.154. The molecule has 0 aliphatic rings. The number of aromatic nitrogens is 1. The van der Waals surface area contributed by atoms with Crippen LogP contribution in [0.25, 0.3) is 0 Å². The fraction of sp³-hybridized carbons (Fsp3) is 0.381. The van der Waals surface area contributed by atoms with Crippen LogP contribution < -0.4 is 20.7 Å². The number of carbonyl (C=O) groups excluding carboxylic acids is 2. The summed E-state index contributed by atoms with van der Waals surface area (Å²) in [6.45, 7) is 0.350. The van der Waals surface area contributed by atoms with Gasteiger partial charge in [-0.15, -0.1) is 0 Å². The SMILES string of the molecule is CCCC(NC(=O)NCc1ccc(F)cc1)C(=O)NCc1cccnc1OCC(F)(F)F. The van der Waals surface area contributed by atoms with Gasteiger partial charge in [-0.05, 0) is 30.2 Å². The minimum absolute atomic E-state index is 0.126. The second-order valence-electron chi connectivity index (χ2n) is 6.88. The average molecular weight is 456 g/mol. The molecular weight excluding hydrogens is 432 g/mol. The predicted octanol–water partition coefficient (Wildman–Crippen LogP) is 3.45.